The number of methoxy groups -OCH3 is 1. The predicted octanol–water partition coefficient (Wildman–Crippen LogP) is 3.99. The van der Waals surface area contributed by atoms with Crippen molar-refractivity contribution < 1.29 is 19.1 Å². The van der Waals surface area contributed by atoms with E-state index in [9.17, 15) is 9.59 Å². The van der Waals surface area contributed by atoms with Gasteiger partial charge in [-0.1, -0.05) is 27.7 Å². The number of hydrogen-bond donors (Lipinski definition) is 1. The zero-order valence-corrected chi connectivity index (χ0v) is 17.6. The quantitative estimate of drug-likeness (QED) is 0.527. The van der Waals surface area contributed by atoms with Crippen LogP contribution in [0.15, 0.2) is 0 Å². The molecule has 5 heteroatoms. The molecule has 0 bridgehead atoms. The summed E-state index contributed by atoms with van der Waals surface area (Å²) in [4.78, 5) is 23.1. The first-order valence-electron chi connectivity index (χ1n) is 10.4. The van der Waals surface area contributed by atoms with Crippen LogP contribution in [0.5, 0.6) is 0 Å². The van der Waals surface area contributed by atoms with Crippen LogP contribution >= 0.6 is 0 Å². The van der Waals surface area contributed by atoms with Gasteiger partial charge in [-0.3, -0.25) is 9.59 Å². The maximum absolute atomic E-state index is 11.7. The summed E-state index contributed by atoms with van der Waals surface area (Å²) in [5.74, 6) is 1.63. The Labute approximate surface area is 160 Å². The second-order valence-corrected chi connectivity index (χ2v) is 7.24. The number of amides is 1. The van der Waals surface area contributed by atoms with Crippen molar-refractivity contribution in [1.29, 1.82) is 0 Å². The van der Waals surface area contributed by atoms with Gasteiger partial charge in [0.2, 0.25) is 5.91 Å². The van der Waals surface area contributed by atoms with E-state index in [1.165, 1.54) is 25.7 Å². The minimum atomic E-state index is 0.00947. The summed E-state index contributed by atoms with van der Waals surface area (Å²) in [7, 11) is 1.77. The third-order valence-corrected chi connectivity index (χ3v) is 4.75. The van der Waals surface area contributed by atoms with Gasteiger partial charge in [0.25, 0.3) is 0 Å². The average Bonchev–Trinajstić information content (AvgIpc) is 2.64. The number of ether oxygens (including phenoxy) is 2. The fraction of sp³-hybridized carbons (Fsp3) is 0.905. The molecule has 0 spiro atoms. The molecule has 0 aromatic heterocycles. The molecule has 0 unspecified atom stereocenters. The van der Waals surface area contributed by atoms with Crippen LogP contribution in [-0.2, 0) is 19.1 Å². The topological polar surface area (TPSA) is 64.6 Å². The van der Waals surface area contributed by atoms with Crippen LogP contribution in [0.2, 0.25) is 0 Å². The molecule has 1 N–H and O–H groups in total. The van der Waals surface area contributed by atoms with Crippen LogP contribution < -0.4 is 5.32 Å². The molecule has 1 aliphatic rings. The molecule has 0 saturated heterocycles. The van der Waals surface area contributed by atoms with Crippen LogP contribution in [0.25, 0.3) is 0 Å². The molecule has 0 aromatic carbocycles. The highest BCUT2D eigenvalue weighted by molar-refractivity contribution is 5.81. The Balaban J connectivity index is 0.00000301. The Kier molecular flexibility index (Phi) is 15.7. The normalized spacial score (nSPS) is 19.6. The Bertz CT molecular complexity index is 363. The Morgan fingerprint density at radius 3 is 2.12 bits per heavy atom. The lowest BCUT2D eigenvalue weighted by Crippen LogP contribution is -2.27. The third-order valence-electron chi connectivity index (χ3n) is 4.75. The van der Waals surface area contributed by atoms with Crippen molar-refractivity contribution in [3.63, 3.8) is 0 Å². The molecular weight excluding hydrogens is 330 g/mol. The summed E-state index contributed by atoms with van der Waals surface area (Å²) in [5, 5.41) is 2.80. The molecule has 0 radical (unpaired) electrons. The molecule has 154 valence electrons. The van der Waals surface area contributed by atoms with Gasteiger partial charge in [-0.25, -0.2) is 0 Å². The molecule has 0 heterocycles. The minimum absolute atomic E-state index is 0.00947. The van der Waals surface area contributed by atoms with E-state index in [1.54, 1.807) is 7.11 Å². The SMILES string of the molecule is CC.COCC1CCC(COCCCC(=O)NCCC(=O)C(C)C)CC1. The lowest BCUT2D eigenvalue weighted by molar-refractivity contribution is -0.123. The first kappa shape index (κ1) is 25.1. The van der Waals surface area contributed by atoms with Gasteiger partial charge >= 0.3 is 0 Å². The number of hydrogen-bond acceptors (Lipinski definition) is 4. The van der Waals surface area contributed by atoms with E-state index in [2.05, 4.69) is 5.32 Å². The van der Waals surface area contributed by atoms with Gasteiger partial charge in [-0.05, 0) is 43.9 Å². The monoisotopic (exact) mass is 371 g/mol. The van der Waals surface area contributed by atoms with Gasteiger partial charge in [-0.2, -0.15) is 0 Å². The fourth-order valence-corrected chi connectivity index (χ4v) is 3.09. The molecule has 1 rings (SSSR count). The van der Waals surface area contributed by atoms with Crippen molar-refractivity contribution in [1.82, 2.24) is 5.32 Å². The standard InChI is InChI=1S/C19H35NO4.C2H6/c1-15(2)18(21)10-11-20-19(22)5-4-12-24-14-17-8-6-16(7-9-17)13-23-3;1-2/h15-17H,4-14H2,1-3H3,(H,20,22);1-2H3. The first-order chi connectivity index (χ1) is 12.5. The zero-order chi connectivity index (χ0) is 19.8. The summed E-state index contributed by atoms with van der Waals surface area (Å²) in [6.45, 7) is 10.5. The van der Waals surface area contributed by atoms with E-state index in [-0.39, 0.29) is 17.6 Å². The smallest absolute Gasteiger partial charge is 0.220 e. The van der Waals surface area contributed by atoms with Gasteiger partial charge in [0, 0.05) is 52.2 Å². The van der Waals surface area contributed by atoms with Crippen LogP contribution in [0.3, 0.4) is 0 Å². The maximum atomic E-state index is 11.7. The number of ketones is 1. The van der Waals surface area contributed by atoms with Crippen LogP contribution in [0, 0.1) is 17.8 Å². The number of Topliss-reactive ketones (excluding diaryl/α,β-unsaturated/α-hetero) is 1. The van der Waals surface area contributed by atoms with Crippen LogP contribution in [0.1, 0.15) is 72.6 Å². The van der Waals surface area contributed by atoms with Crippen LogP contribution in [0.4, 0.5) is 0 Å². The van der Waals surface area contributed by atoms with Crippen molar-refractivity contribution in [2.75, 3.05) is 33.5 Å². The molecule has 0 atom stereocenters. The lowest BCUT2D eigenvalue weighted by Gasteiger charge is -2.27. The van der Waals surface area contributed by atoms with Crippen molar-refractivity contribution >= 4 is 11.7 Å². The van der Waals surface area contributed by atoms with Gasteiger partial charge in [0.15, 0.2) is 0 Å². The minimum Gasteiger partial charge on any atom is -0.384 e. The summed E-state index contributed by atoms with van der Waals surface area (Å²) in [6, 6.07) is 0. The van der Waals surface area contributed by atoms with Crippen molar-refractivity contribution in [2.24, 2.45) is 17.8 Å². The third kappa shape index (κ3) is 12.4. The lowest BCUT2D eigenvalue weighted by atomic mass is 9.83. The highest BCUT2D eigenvalue weighted by Gasteiger charge is 2.21. The number of carbonyl (C=O) groups excluding carboxylic acids is 2. The summed E-state index contributed by atoms with van der Waals surface area (Å²) >= 11 is 0. The van der Waals surface area contributed by atoms with E-state index < -0.39 is 0 Å². The van der Waals surface area contributed by atoms with Gasteiger partial charge < -0.3 is 14.8 Å². The molecule has 1 aliphatic carbocycles. The van der Waals surface area contributed by atoms with Crippen molar-refractivity contribution in [3.8, 4) is 0 Å². The predicted molar refractivity (Wildman–Crippen MR) is 106 cm³/mol. The highest BCUT2D eigenvalue weighted by Crippen LogP contribution is 2.29. The molecule has 26 heavy (non-hydrogen) atoms. The molecule has 5 nitrogen and oxygen atoms in total. The summed E-state index contributed by atoms with van der Waals surface area (Å²) in [5.41, 5.74) is 0. The van der Waals surface area contributed by atoms with Gasteiger partial charge in [0.1, 0.15) is 5.78 Å². The fourth-order valence-electron chi connectivity index (χ4n) is 3.09. The average molecular weight is 372 g/mol. The van der Waals surface area contributed by atoms with E-state index in [0.717, 1.165) is 25.6 Å². The second kappa shape index (κ2) is 16.2. The van der Waals surface area contributed by atoms with Crippen LogP contribution in [-0.4, -0.2) is 45.2 Å². The Morgan fingerprint density at radius 2 is 1.58 bits per heavy atom. The number of nitrogens with one attached hydrogen (secondary N) is 1. The molecule has 1 fully saturated rings. The first-order valence-corrected chi connectivity index (χ1v) is 10.4. The molecule has 1 saturated carbocycles. The summed E-state index contributed by atoms with van der Waals surface area (Å²) in [6.07, 6.45) is 6.54. The molecule has 0 aromatic rings. The van der Waals surface area contributed by atoms with Gasteiger partial charge in [-0.15, -0.1) is 0 Å². The number of rotatable bonds is 12. The largest absolute Gasteiger partial charge is 0.384 e. The van der Waals surface area contributed by atoms with Crippen molar-refractivity contribution in [3.05, 3.63) is 0 Å². The number of carbonyl (C=O) groups is 2. The summed E-state index contributed by atoms with van der Waals surface area (Å²) < 4.78 is 10.9. The van der Waals surface area contributed by atoms with E-state index in [4.69, 9.17) is 9.47 Å². The van der Waals surface area contributed by atoms with E-state index in [0.29, 0.717) is 31.9 Å². The maximum Gasteiger partial charge on any atom is 0.220 e. The van der Waals surface area contributed by atoms with Gasteiger partial charge in [0.05, 0.1) is 0 Å². The Hall–Kier alpha value is -0.940. The zero-order valence-electron chi connectivity index (χ0n) is 17.6. The second-order valence-electron chi connectivity index (χ2n) is 7.24. The molecule has 0 aliphatic heterocycles. The van der Waals surface area contributed by atoms with E-state index in [1.807, 2.05) is 27.7 Å². The molecule has 1 amide bonds. The highest BCUT2D eigenvalue weighted by atomic mass is 16.5. The molecular formula is C21H41NO4. The Morgan fingerprint density at radius 1 is 1.00 bits per heavy atom. The van der Waals surface area contributed by atoms with Crippen molar-refractivity contribution in [2.45, 2.75) is 72.6 Å². The van der Waals surface area contributed by atoms with E-state index >= 15 is 0 Å².